The van der Waals surface area contributed by atoms with E-state index >= 15 is 0 Å². The summed E-state index contributed by atoms with van der Waals surface area (Å²) in [5.41, 5.74) is 1.78. The molecule has 1 atom stereocenters. The van der Waals surface area contributed by atoms with Crippen molar-refractivity contribution in [1.82, 2.24) is 15.3 Å². The number of hydrogen-bond acceptors (Lipinski definition) is 3. The molecule has 0 saturated carbocycles. The third-order valence-corrected chi connectivity index (χ3v) is 4.30. The highest BCUT2D eigenvalue weighted by molar-refractivity contribution is 7.11. The Hall–Kier alpha value is -2.34. The van der Waals surface area contributed by atoms with Gasteiger partial charge in [0.25, 0.3) is 0 Å². The van der Waals surface area contributed by atoms with Crippen molar-refractivity contribution >= 4 is 34.0 Å². The summed E-state index contributed by atoms with van der Waals surface area (Å²) in [6.07, 6.45) is 3.67. The minimum absolute atomic E-state index is 0.117. The molecule has 2 heterocycles. The number of nitrogens with zero attached hydrogens (tertiary/aromatic N) is 1. The highest BCUT2D eigenvalue weighted by Crippen LogP contribution is 2.23. The molecule has 5 nitrogen and oxygen atoms in total. The number of carbonyl (C=O) groups excluding carboxylic acids is 1. The Morgan fingerprint density at radius 1 is 1.38 bits per heavy atom. The zero-order valence-corrected chi connectivity index (χ0v) is 12.6. The second-order valence-corrected chi connectivity index (χ2v) is 6.14. The summed E-state index contributed by atoms with van der Waals surface area (Å²) < 4.78 is 0. The number of urea groups is 1. The van der Waals surface area contributed by atoms with E-state index in [0.717, 1.165) is 26.5 Å². The molecule has 1 aromatic carbocycles. The van der Waals surface area contributed by atoms with Gasteiger partial charge in [0.15, 0.2) is 0 Å². The number of thiazole rings is 1. The molecule has 0 spiro atoms. The lowest BCUT2D eigenvalue weighted by Crippen LogP contribution is -2.31. The zero-order chi connectivity index (χ0) is 14.8. The number of aromatic nitrogens is 2. The minimum Gasteiger partial charge on any atom is -0.361 e. The Morgan fingerprint density at radius 2 is 2.24 bits per heavy atom. The second-order valence-electron chi connectivity index (χ2n) is 4.87. The van der Waals surface area contributed by atoms with Crippen molar-refractivity contribution in [2.45, 2.75) is 19.9 Å². The Balaban J connectivity index is 1.70. The quantitative estimate of drug-likeness (QED) is 0.688. The van der Waals surface area contributed by atoms with Crippen molar-refractivity contribution in [2.75, 3.05) is 5.32 Å². The summed E-state index contributed by atoms with van der Waals surface area (Å²) in [5.74, 6) is 0. The summed E-state index contributed by atoms with van der Waals surface area (Å²) >= 11 is 1.59. The lowest BCUT2D eigenvalue weighted by atomic mass is 10.2. The summed E-state index contributed by atoms with van der Waals surface area (Å²) in [6, 6.07) is 7.35. The van der Waals surface area contributed by atoms with Gasteiger partial charge in [-0.15, -0.1) is 11.3 Å². The number of aromatic amines is 1. The SMILES string of the molecule is Cc1cnc(C(C)NC(=O)Nc2cccc3[nH]ccc23)s1. The average Bonchev–Trinajstić information content (AvgIpc) is 3.07. The predicted molar refractivity (Wildman–Crippen MR) is 85.7 cm³/mol. The van der Waals surface area contributed by atoms with E-state index in [0.29, 0.717) is 0 Å². The number of fused-ring (bicyclic) bond motifs is 1. The summed E-state index contributed by atoms with van der Waals surface area (Å²) in [6.45, 7) is 3.93. The van der Waals surface area contributed by atoms with Gasteiger partial charge in [0.1, 0.15) is 5.01 Å². The number of H-pyrrole nitrogens is 1. The predicted octanol–water partition coefficient (Wildman–Crippen LogP) is 3.82. The number of aryl methyl sites for hydroxylation is 1. The smallest absolute Gasteiger partial charge is 0.319 e. The third kappa shape index (κ3) is 2.90. The molecule has 3 rings (SSSR count). The van der Waals surface area contributed by atoms with Crippen LogP contribution in [0.15, 0.2) is 36.7 Å². The van der Waals surface area contributed by atoms with Crippen LogP contribution in [-0.2, 0) is 0 Å². The van der Waals surface area contributed by atoms with E-state index in [-0.39, 0.29) is 12.1 Å². The lowest BCUT2D eigenvalue weighted by molar-refractivity contribution is 0.249. The van der Waals surface area contributed by atoms with E-state index in [4.69, 9.17) is 0 Å². The molecular formula is C15H16N4OS. The molecule has 3 N–H and O–H groups in total. The molecule has 21 heavy (non-hydrogen) atoms. The topological polar surface area (TPSA) is 69.8 Å². The number of benzene rings is 1. The van der Waals surface area contributed by atoms with Gasteiger partial charge in [-0.25, -0.2) is 9.78 Å². The van der Waals surface area contributed by atoms with Crippen molar-refractivity contribution in [3.8, 4) is 0 Å². The first-order valence-electron chi connectivity index (χ1n) is 6.69. The number of rotatable bonds is 3. The molecule has 108 valence electrons. The average molecular weight is 300 g/mol. The maximum Gasteiger partial charge on any atom is 0.319 e. The van der Waals surface area contributed by atoms with Crippen LogP contribution in [0.5, 0.6) is 0 Å². The maximum atomic E-state index is 12.1. The summed E-state index contributed by atoms with van der Waals surface area (Å²) in [7, 11) is 0. The van der Waals surface area contributed by atoms with Crippen molar-refractivity contribution in [2.24, 2.45) is 0 Å². The van der Waals surface area contributed by atoms with Crippen LogP contribution < -0.4 is 10.6 Å². The maximum absolute atomic E-state index is 12.1. The Bertz CT molecular complexity index is 777. The van der Waals surface area contributed by atoms with Crippen LogP contribution in [0.1, 0.15) is 22.9 Å². The molecule has 2 aromatic heterocycles. The lowest BCUT2D eigenvalue weighted by Gasteiger charge is -2.13. The van der Waals surface area contributed by atoms with Gasteiger partial charge in [0.05, 0.1) is 11.7 Å². The summed E-state index contributed by atoms with van der Waals surface area (Å²) in [5, 5.41) is 7.68. The van der Waals surface area contributed by atoms with E-state index in [1.807, 2.05) is 50.5 Å². The Morgan fingerprint density at radius 3 is 3.00 bits per heavy atom. The van der Waals surface area contributed by atoms with Crippen molar-refractivity contribution < 1.29 is 4.79 Å². The standard InChI is InChI=1S/C15H16N4OS/c1-9-8-17-14(21-9)10(2)18-15(20)19-13-5-3-4-12-11(13)6-7-16-12/h3-8,10,16H,1-2H3,(H2,18,19,20). The molecule has 0 radical (unpaired) electrons. The molecule has 0 fully saturated rings. The fraction of sp³-hybridized carbons (Fsp3) is 0.200. The molecular weight excluding hydrogens is 284 g/mol. The van der Waals surface area contributed by atoms with E-state index in [2.05, 4.69) is 20.6 Å². The first kappa shape index (κ1) is 13.6. The van der Waals surface area contributed by atoms with Crippen LogP contribution in [0.2, 0.25) is 0 Å². The van der Waals surface area contributed by atoms with Crippen LogP contribution in [0.4, 0.5) is 10.5 Å². The fourth-order valence-electron chi connectivity index (χ4n) is 2.18. The van der Waals surface area contributed by atoms with Crippen molar-refractivity contribution in [1.29, 1.82) is 0 Å². The van der Waals surface area contributed by atoms with Crippen LogP contribution >= 0.6 is 11.3 Å². The van der Waals surface area contributed by atoms with E-state index in [9.17, 15) is 4.79 Å². The molecule has 3 aromatic rings. The van der Waals surface area contributed by atoms with Crippen LogP contribution in [0.25, 0.3) is 10.9 Å². The van der Waals surface area contributed by atoms with Gasteiger partial charge in [-0.2, -0.15) is 0 Å². The van der Waals surface area contributed by atoms with Crippen LogP contribution in [0, 0.1) is 6.92 Å². The molecule has 2 amide bonds. The molecule has 0 aliphatic heterocycles. The Kier molecular flexibility index (Phi) is 3.62. The number of amides is 2. The van der Waals surface area contributed by atoms with Gasteiger partial charge >= 0.3 is 6.03 Å². The van der Waals surface area contributed by atoms with Gasteiger partial charge < -0.3 is 15.6 Å². The normalized spacial score (nSPS) is 12.3. The van der Waals surface area contributed by atoms with Gasteiger partial charge in [0.2, 0.25) is 0 Å². The molecule has 0 aliphatic rings. The number of nitrogens with one attached hydrogen (secondary N) is 3. The van der Waals surface area contributed by atoms with Crippen molar-refractivity contribution in [3.05, 3.63) is 46.5 Å². The van der Waals surface area contributed by atoms with Crippen molar-refractivity contribution in [3.63, 3.8) is 0 Å². The van der Waals surface area contributed by atoms with Gasteiger partial charge in [0, 0.05) is 28.2 Å². The van der Waals surface area contributed by atoms with Crippen LogP contribution in [0.3, 0.4) is 0 Å². The van der Waals surface area contributed by atoms with E-state index in [1.165, 1.54) is 0 Å². The zero-order valence-electron chi connectivity index (χ0n) is 11.8. The molecule has 6 heteroatoms. The molecule has 0 bridgehead atoms. The molecule has 0 saturated heterocycles. The van der Waals surface area contributed by atoms with Gasteiger partial charge in [-0.1, -0.05) is 6.07 Å². The molecule has 1 unspecified atom stereocenters. The van der Waals surface area contributed by atoms with E-state index < -0.39 is 0 Å². The fourth-order valence-corrected chi connectivity index (χ4v) is 2.96. The molecule has 0 aliphatic carbocycles. The van der Waals surface area contributed by atoms with Gasteiger partial charge in [-0.3, -0.25) is 0 Å². The van der Waals surface area contributed by atoms with Gasteiger partial charge in [-0.05, 0) is 32.0 Å². The highest BCUT2D eigenvalue weighted by Gasteiger charge is 2.13. The number of hydrogen-bond donors (Lipinski definition) is 3. The first-order valence-corrected chi connectivity index (χ1v) is 7.51. The monoisotopic (exact) mass is 300 g/mol. The number of anilines is 1. The first-order chi connectivity index (χ1) is 10.1. The Labute approximate surface area is 126 Å². The number of carbonyl (C=O) groups is 1. The van der Waals surface area contributed by atoms with Crippen LogP contribution in [-0.4, -0.2) is 16.0 Å². The second kappa shape index (κ2) is 5.57. The summed E-state index contributed by atoms with van der Waals surface area (Å²) in [4.78, 5) is 20.7. The van der Waals surface area contributed by atoms with E-state index in [1.54, 1.807) is 11.3 Å². The minimum atomic E-state index is -0.232. The largest absolute Gasteiger partial charge is 0.361 e. The third-order valence-electron chi connectivity index (χ3n) is 3.20. The highest BCUT2D eigenvalue weighted by atomic mass is 32.1.